The molecular weight excluding hydrogens is 214 g/mol. The predicted octanol–water partition coefficient (Wildman–Crippen LogP) is 2.05. The fraction of sp³-hybridized carbons (Fsp3) is 0. The Bertz CT molecular complexity index is 849. The maximum absolute atomic E-state index is 4.35. The second-order valence-corrected chi connectivity index (χ2v) is 3.88. The first-order valence-corrected chi connectivity index (χ1v) is 5.25. The number of aromatic nitrogens is 5. The van der Waals surface area contributed by atoms with Crippen LogP contribution in [0.2, 0.25) is 0 Å². The van der Waals surface area contributed by atoms with Crippen molar-refractivity contribution in [1.29, 1.82) is 0 Å². The first kappa shape index (κ1) is 8.58. The number of fused-ring (bicyclic) bond motifs is 5. The van der Waals surface area contributed by atoms with Crippen LogP contribution < -0.4 is 0 Å². The predicted molar refractivity (Wildman–Crippen MR) is 64.5 cm³/mol. The molecule has 0 atom stereocenters. The number of aromatic amines is 1. The zero-order valence-electron chi connectivity index (χ0n) is 8.75. The molecule has 0 aliphatic rings. The Morgan fingerprint density at radius 2 is 1.76 bits per heavy atom. The first-order valence-electron chi connectivity index (χ1n) is 5.25. The third-order valence-corrected chi connectivity index (χ3v) is 2.94. The standard InChI is InChI=1S/C12H7N5/c1-2-8-5-13-6-14-11(8)10-7(1)3-4-9-12(10)16-17-15-9/h1-6H,(H,15,16,17). The fourth-order valence-electron chi connectivity index (χ4n) is 2.17. The lowest BCUT2D eigenvalue weighted by Crippen LogP contribution is -1.84. The van der Waals surface area contributed by atoms with E-state index in [0.29, 0.717) is 0 Å². The van der Waals surface area contributed by atoms with E-state index in [1.807, 2.05) is 18.2 Å². The summed E-state index contributed by atoms with van der Waals surface area (Å²) in [5.74, 6) is 0. The Balaban J connectivity index is 2.41. The fourth-order valence-corrected chi connectivity index (χ4v) is 2.17. The molecule has 1 N–H and O–H groups in total. The molecule has 2 aromatic heterocycles. The first-order chi connectivity index (χ1) is 8.43. The average Bonchev–Trinajstić information content (AvgIpc) is 2.86. The molecule has 0 aliphatic heterocycles. The zero-order valence-corrected chi connectivity index (χ0v) is 8.75. The zero-order chi connectivity index (χ0) is 11.2. The molecule has 0 unspecified atom stereocenters. The number of rotatable bonds is 0. The normalized spacial score (nSPS) is 11.5. The van der Waals surface area contributed by atoms with Gasteiger partial charge in [-0.2, -0.15) is 15.4 Å². The minimum Gasteiger partial charge on any atom is -0.244 e. The van der Waals surface area contributed by atoms with Crippen LogP contribution in [-0.4, -0.2) is 25.4 Å². The lowest BCUT2D eigenvalue weighted by atomic mass is 10.1. The van der Waals surface area contributed by atoms with Crippen molar-refractivity contribution in [1.82, 2.24) is 25.4 Å². The van der Waals surface area contributed by atoms with E-state index in [1.165, 1.54) is 0 Å². The maximum Gasteiger partial charge on any atom is 0.122 e. The van der Waals surface area contributed by atoms with Crippen LogP contribution in [0.3, 0.4) is 0 Å². The van der Waals surface area contributed by atoms with Crippen molar-refractivity contribution in [3.05, 3.63) is 36.8 Å². The molecule has 2 heterocycles. The number of benzene rings is 2. The van der Waals surface area contributed by atoms with Gasteiger partial charge in [-0.25, -0.2) is 9.97 Å². The van der Waals surface area contributed by atoms with Crippen molar-refractivity contribution < 1.29 is 0 Å². The molecule has 5 heteroatoms. The summed E-state index contributed by atoms with van der Waals surface area (Å²) in [6, 6.07) is 8.05. The molecule has 0 spiro atoms. The van der Waals surface area contributed by atoms with Crippen molar-refractivity contribution in [3.8, 4) is 0 Å². The Kier molecular flexibility index (Phi) is 1.50. The molecule has 17 heavy (non-hydrogen) atoms. The lowest BCUT2D eigenvalue weighted by Gasteiger charge is -2.02. The highest BCUT2D eigenvalue weighted by molar-refractivity contribution is 6.16. The SMILES string of the molecule is c1ncc2ccc3ccc4n[nH]nc4c3c2n1. The molecule has 4 aromatic rings. The highest BCUT2D eigenvalue weighted by atomic mass is 15.3. The van der Waals surface area contributed by atoms with Crippen molar-refractivity contribution in [2.45, 2.75) is 0 Å². The highest BCUT2D eigenvalue weighted by Crippen LogP contribution is 2.28. The summed E-state index contributed by atoms with van der Waals surface area (Å²) >= 11 is 0. The van der Waals surface area contributed by atoms with Crippen LogP contribution in [0.5, 0.6) is 0 Å². The summed E-state index contributed by atoms with van der Waals surface area (Å²) in [7, 11) is 0. The summed E-state index contributed by atoms with van der Waals surface area (Å²) in [5, 5.41) is 14.1. The van der Waals surface area contributed by atoms with Crippen molar-refractivity contribution >= 4 is 32.7 Å². The maximum atomic E-state index is 4.35. The van der Waals surface area contributed by atoms with Gasteiger partial charge in [-0.3, -0.25) is 0 Å². The average molecular weight is 221 g/mol. The largest absolute Gasteiger partial charge is 0.244 e. The minimum atomic E-state index is 0.851. The smallest absolute Gasteiger partial charge is 0.122 e. The summed E-state index contributed by atoms with van der Waals surface area (Å²) in [4.78, 5) is 8.38. The summed E-state index contributed by atoms with van der Waals surface area (Å²) in [5.41, 5.74) is 2.62. The number of nitrogens with one attached hydrogen (secondary N) is 1. The van der Waals surface area contributed by atoms with Crippen molar-refractivity contribution in [2.75, 3.05) is 0 Å². The van der Waals surface area contributed by atoms with E-state index in [9.17, 15) is 0 Å². The van der Waals surface area contributed by atoms with Crippen molar-refractivity contribution in [3.63, 3.8) is 0 Å². The van der Waals surface area contributed by atoms with Crippen LogP contribution in [0.25, 0.3) is 32.7 Å². The van der Waals surface area contributed by atoms with Crippen LogP contribution in [-0.2, 0) is 0 Å². The van der Waals surface area contributed by atoms with Crippen LogP contribution in [0.1, 0.15) is 0 Å². The van der Waals surface area contributed by atoms with Gasteiger partial charge in [0.2, 0.25) is 0 Å². The minimum absolute atomic E-state index is 0.851. The van der Waals surface area contributed by atoms with Gasteiger partial charge in [0.1, 0.15) is 17.4 Å². The second kappa shape index (κ2) is 2.98. The molecule has 0 saturated carbocycles. The van der Waals surface area contributed by atoms with Crippen LogP contribution in [0, 0.1) is 0 Å². The van der Waals surface area contributed by atoms with E-state index in [-0.39, 0.29) is 0 Å². The third-order valence-electron chi connectivity index (χ3n) is 2.94. The topological polar surface area (TPSA) is 67.3 Å². The summed E-state index contributed by atoms with van der Waals surface area (Å²) < 4.78 is 0. The van der Waals surface area contributed by atoms with Crippen LogP contribution in [0.15, 0.2) is 36.8 Å². The number of hydrogen-bond donors (Lipinski definition) is 1. The Morgan fingerprint density at radius 3 is 2.76 bits per heavy atom. The molecule has 4 rings (SSSR count). The van der Waals surface area contributed by atoms with E-state index in [0.717, 1.165) is 32.7 Å². The van der Waals surface area contributed by atoms with Gasteiger partial charge in [0.25, 0.3) is 0 Å². The van der Waals surface area contributed by atoms with Gasteiger partial charge in [0, 0.05) is 17.0 Å². The van der Waals surface area contributed by atoms with Crippen LogP contribution >= 0.6 is 0 Å². The molecular formula is C12H7N5. The van der Waals surface area contributed by atoms with E-state index >= 15 is 0 Å². The monoisotopic (exact) mass is 221 g/mol. The van der Waals surface area contributed by atoms with Gasteiger partial charge >= 0.3 is 0 Å². The van der Waals surface area contributed by atoms with Gasteiger partial charge in [0.15, 0.2) is 0 Å². The van der Waals surface area contributed by atoms with Gasteiger partial charge in [-0.1, -0.05) is 18.2 Å². The molecule has 0 radical (unpaired) electrons. The van der Waals surface area contributed by atoms with E-state index < -0.39 is 0 Å². The number of H-pyrrole nitrogens is 1. The third kappa shape index (κ3) is 1.08. The number of hydrogen-bond acceptors (Lipinski definition) is 4. The van der Waals surface area contributed by atoms with E-state index in [4.69, 9.17) is 0 Å². The Morgan fingerprint density at radius 1 is 0.882 bits per heavy atom. The Labute approximate surface area is 95.5 Å². The van der Waals surface area contributed by atoms with E-state index in [2.05, 4.69) is 31.4 Å². The number of nitrogens with zero attached hydrogens (tertiary/aromatic N) is 4. The van der Waals surface area contributed by atoms with Crippen LogP contribution in [0.4, 0.5) is 0 Å². The molecule has 0 fully saturated rings. The van der Waals surface area contributed by atoms with Gasteiger partial charge in [-0.15, -0.1) is 0 Å². The van der Waals surface area contributed by atoms with E-state index in [1.54, 1.807) is 12.5 Å². The summed E-state index contributed by atoms with van der Waals surface area (Å²) in [6.45, 7) is 0. The highest BCUT2D eigenvalue weighted by Gasteiger charge is 2.08. The Hall–Kier alpha value is -2.56. The molecule has 5 nitrogen and oxygen atoms in total. The van der Waals surface area contributed by atoms with Crippen molar-refractivity contribution in [2.24, 2.45) is 0 Å². The second-order valence-electron chi connectivity index (χ2n) is 3.88. The molecule has 0 saturated heterocycles. The van der Waals surface area contributed by atoms with Gasteiger partial charge in [0.05, 0.1) is 5.52 Å². The molecule has 0 amide bonds. The molecule has 0 aliphatic carbocycles. The molecule has 2 aromatic carbocycles. The molecule has 80 valence electrons. The van der Waals surface area contributed by atoms with Gasteiger partial charge < -0.3 is 0 Å². The summed E-state index contributed by atoms with van der Waals surface area (Å²) in [6.07, 6.45) is 3.36. The lowest BCUT2D eigenvalue weighted by molar-refractivity contribution is 0.960. The van der Waals surface area contributed by atoms with Gasteiger partial charge in [-0.05, 0) is 11.5 Å². The quantitative estimate of drug-likeness (QED) is 0.461. The molecule has 0 bridgehead atoms.